The lowest BCUT2D eigenvalue weighted by Gasteiger charge is -2.17. The van der Waals surface area contributed by atoms with Crippen LogP contribution < -0.4 is 20.1 Å². The Morgan fingerprint density at radius 3 is 2.56 bits per heavy atom. The van der Waals surface area contributed by atoms with Crippen LogP contribution in [0.5, 0.6) is 11.5 Å². The van der Waals surface area contributed by atoms with E-state index in [2.05, 4.69) is 26.7 Å². The zero-order valence-corrected chi connectivity index (χ0v) is 22.2. The number of aromatic nitrogens is 2. The first-order valence-corrected chi connectivity index (χ1v) is 12.3. The quantitative estimate of drug-likeness (QED) is 0.299. The smallest absolute Gasteiger partial charge is 0.313 e. The first-order chi connectivity index (χ1) is 18.8. The molecule has 0 saturated heterocycles. The number of anilines is 3. The van der Waals surface area contributed by atoms with E-state index in [4.69, 9.17) is 21.1 Å². The highest BCUT2D eigenvalue weighted by molar-refractivity contribution is 6.39. The number of hydrogen-bond donors (Lipinski definition) is 2. The van der Waals surface area contributed by atoms with Gasteiger partial charge in [-0.1, -0.05) is 17.7 Å². The highest BCUT2D eigenvalue weighted by Crippen LogP contribution is 2.37. The van der Waals surface area contributed by atoms with Gasteiger partial charge in [0.25, 0.3) is 0 Å². The first kappa shape index (κ1) is 27.2. The molecule has 11 heteroatoms. The second kappa shape index (κ2) is 12.1. The normalized spacial score (nSPS) is 10.4. The van der Waals surface area contributed by atoms with Crippen molar-refractivity contribution in [1.82, 2.24) is 14.9 Å². The number of hydrogen-bond acceptors (Lipinski definition) is 8. The summed E-state index contributed by atoms with van der Waals surface area (Å²) in [4.78, 5) is 34.4. The number of pyridine rings is 2. The summed E-state index contributed by atoms with van der Waals surface area (Å²) in [6.45, 7) is 2.38. The van der Waals surface area contributed by atoms with Gasteiger partial charge in [-0.15, -0.1) is 0 Å². The third kappa shape index (κ3) is 6.34. The molecule has 2 heterocycles. The van der Waals surface area contributed by atoms with E-state index in [9.17, 15) is 14.9 Å². The van der Waals surface area contributed by atoms with Crippen LogP contribution >= 0.6 is 11.6 Å². The van der Waals surface area contributed by atoms with E-state index in [1.165, 1.54) is 25.2 Å². The monoisotopic (exact) mass is 544 g/mol. The molecule has 39 heavy (non-hydrogen) atoms. The average molecular weight is 545 g/mol. The van der Waals surface area contributed by atoms with Gasteiger partial charge < -0.3 is 25.0 Å². The maximum absolute atomic E-state index is 12.5. The number of nitriles is 1. The minimum absolute atomic E-state index is 0.258. The Morgan fingerprint density at radius 2 is 1.90 bits per heavy atom. The van der Waals surface area contributed by atoms with Gasteiger partial charge in [0.2, 0.25) is 0 Å². The van der Waals surface area contributed by atoms with Crippen molar-refractivity contribution < 1.29 is 19.1 Å². The van der Waals surface area contributed by atoms with Crippen LogP contribution in [0.1, 0.15) is 18.2 Å². The van der Waals surface area contributed by atoms with Gasteiger partial charge >= 0.3 is 11.8 Å². The van der Waals surface area contributed by atoms with Crippen molar-refractivity contribution in [3.63, 3.8) is 0 Å². The number of halogens is 1. The van der Waals surface area contributed by atoms with Crippen LogP contribution in [0, 0.1) is 11.3 Å². The van der Waals surface area contributed by atoms with Gasteiger partial charge in [-0.05, 0) is 43.3 Å². The van der Waals surface area contributed by atoms with Crippen molar-refractivity contribution in [3.8, 4) is 17.6 Å². The number of nitrogens with zero attached hydrogens (tertiary/aromatic N) is 4. The number of amides is 2. The molecule has 4 rings (SSSR count). The maximum atomic E-state index is 12.5. The number of rotatable bonds is 8. The molecular formula is C28H25ClN6O4. The number of ether oxygens (including phenoxy) is 2. The lowest BCUT2D eigenvalue weighted by molar-refractivity contribution is -0.141. The summed E-state index contributed by atoms with van der Waals surface area (Å²) in [5.74, 6) is -0.734. The lowest BCUT2D eigenvalue weighted by Crippen LogP contribution is -2.34. The third-order valence-electron chi connectivity index (χ3n) is 5.54. The molecule has 0 unspecified atom stereocenters. The van der Waals surface area contributed by atoms with Crippen LogP contribution in [0.4, 0.5) is 17.1 Å². The summed E-state index contributed by atoms with van der Waals surface area (Å²) in [6.07, 6.45) is 3.13. The van der Waals surface area contributed by atoms with Crippen molar-refractivity contribution in [2.45, 2.75) is 13.5 Å². The summed E-state index contributed by atoms with van der Waals surface area (Å²) >= 11 is 6.48. The predicted octanol–water partition coefficient (Wildman–Crippen LogP) is 4.90. The molecule has 198 valence electrons. The first-order valence-electron chi connectivity index (χ1n) is 11.9. The highest BCUT2D eigenvalue weighted by atomic mass is 35.5. The Kier molecular flexibility index (Phi) is 8.43. The second-order valence-corrected chi connectivity index (χ2v) is 8.90. The Balaban J connectivity index is 1.68. The van der Waals surface area contributed by atoms with Crippen molar-refractivity contribution in [2.24, 2.45) is 0 Å². The van der Waals surface area contributed by atoms with E-state index in [1.54, 1.807) is 43.5 Å². The molecule has 0 fully saturated rings. The molecule has 0 aliphatic rings. The van der Waals surface area contributed by atoms with E-state index in [-0.39, 0.29) is 17.9 Å². The van der Waals surface area contributed by atoms with Crippen molar-refractivity contribution in [3.05, 3.63) is 77.2 Å². The summed E-state index contributed by atoms with van der Waals surface area (Å²) in [7, 11) is 2.97. The van der Waals surface area contributed by atoms with E-state index < -0.39 is 11.8 Å². The standard InChI is InChI=1S/C28H25ClN6O4/c1-4-38-25-13-22-20(12-23(25)34-27(36)28(37)35(2)3)26(17(14-30)15-32-22)33-18-8-9-24(21(29)11-18)39-16-19-7-5-6-10-31-19/h5-13,15H,4,16H2,1-3H3,(H,32,33)(H,34,36). The summed E-state index contributed by atoms with van der Waals surface area (Å²) in [5, 5.41) is 16.5. The fourth-order valence-electron chi connectivity index (χ4n) is 3.67. The average Bonchev–Trinajstić information content (AvgIpc) is 2.93. The molecule has 2 N–H and O–H groups in total. The van der Waals surface area contributed by atoms with E-state index in [0.717, 1.165) is 5.69 Å². The highest BCUT2D eigenvalue weighted by Gasteiger charge is 2.20. The molecule has 0 aliphatic carbocycles. The molecule has 0 aliphatic heterocycles. The Bertz CT molecular complexity index is 1570. The van der Waals surface area contributed by atoms with Gasteiger partial charge in [0.15, 0.2) is 0 Å². The van der Waals surface area contributed by atoms with Crippen LogP contribution in [0.2, 0.25) is 5.02 Å². The van der Waals surface area contributed by atoms with Crippen LogP contribution in [-0.4, -0.2) is 47.4 Å². The number of carbonyl (C=O) groups excluding carboxylic acids is 2. The van der Waals surface area contributed by atoms with E-state index >= 15 is 0 Å². The molecule has 0 spiro atoms. The van der Waals surface area contributed by atoms with Gasteiger partial charge in [-0.3, -0.25) is 19.6 Å². The largest absolute Gasteiger partial charge is 0.492 e. The van der Waals surface area contributed by atoms with Crippen molar-refractivity contribution in [2.75, 3.05) is 31.3 Å². The minimum Gasteiger partial charge on any atom is -0.492 e. The number of benzene rings is 2. The molecule has 0 atom stereocenters. The van der Waals surface area contributed by atoms with Crippen LogP contribution in [-0.2, 0) is 16.2 Å². The van der Waals surface area contributed by atoms with Gasteiger partial charge in [-0.2, -0.15) is 5.26 Å². The van der Waals surface area contributed by atoms with Gasteiger partial charge in [0.05, 0.1) is 39.8 Å². The number of carbonyl (C=O) groups is 2. The fourth-order valence-corrected chi connectivity index (χ4v) is 3.90. The van der Waals surface area contributed by atoms with Gasteiger partial charge in [0.1, 0.15) is 24.2 Å². The zero-order valence-electron chi connectivity index (χ0n) is 21.5. The lowest BCUT2D eigenvalue weighted by atomic mass is 10.1. The number of likely N-dealkylation sites (N-methyl/N-ethyl adjacent to an activating group) is 1. The number of nitrogens with one attached hydrogen (secondary N) is 2. The summed E-state index contributed by atoms with van der Waals surface area (Å²) < 4.78 is 11.5. The topological polar surface area (TPSA) is 129 Å². The molecule has 0 bridgehead atoms. The van der Waals surface area contributed by atoms with Crippen LogP contribution in [0.3, 0.4) is 0 Å². The zero-order chi connectivity index (χ0) is 27.9. The molecule has 0 saturated carbocycles. The molecular weight excluding hydrogens is 520 g/mol. The van der Waals surface area contributed by atoms with Crippen molar-refractivity contribution >= 4 is 51.4 Å². The predicted molar refractivity (Wildman–Crippen MR) is 148 cm³/mol. The summed E-state index contributed by atoms with van der Waals surface area (Å²) in [6, 6.07) is 16.1. The van der Waals surface area contributed by atoms with Gasteiger partial charge in [-0.25, -0.2) is 0 Å². The molecule has 10 nitrogen and oxygen atoms in total. The third-order valence-corrected chi connectivity index (χ3v) is 5.84. The Labute approximate surface area is 230 Å². The van der Waals surface area contributed by atoms with E-state index in [1.807, 2.05) is 18.2 Å². The second-order valence-electron chi connectivity index (χ2n) is 8.49. The maximum Gasteiger partial charge on any atom is 0.313 e. The Morgan fingerprint density at radius 1 is 1.08 bits per heavy atom. The van der Waals surface area contributed by atoms with Crippen LogP contribution in [0.25, 0.3) is 10.9 Å². The molecule has 2 amide bonds. The Hall–Kier alpha value is -4.88. The molecule has 2 aromatic heterocycles. The van der Waals surface area contributed by atoms with Gasteiger partial charge in [0, 0.05) is 43.6 Å². The fraction of sp³-hybridized carbons (Fsp3) is 0.179. The van der Waals surface area contributed by atoms with Crippen molar-refractivity contribution in [1.29, 1.82) is 5.26 Å². The summed E-state index contributed by atoms with van der Waals surface area (Å²) in [5.41, 5.74) is 2.84. The number of fused-ring (bicyclic) bond motifs is 1. The molecule has 0 radical (unpaired) electrons. The molecule has 2 aromatic carbocycles. The molecule has 4 aromatic rings. The SMILES string of the molecule is CCOc1cc2ncc(C#N)c(Nc3ccc(OCc4ccccn4)c(Cl)c3)c2cc1NC(=O)C(=O)N(C)C. The minimum atomic E-state index is -0.827. The van der Waals surface area contributed by atoms with Crippen LogP contribution in [0.15, 0.2) is 60.9 Å². The van der Waals surface area contributed by atoms with E-state index in [0.29, 0.717) is 45.4 Å².